The van der Waals surface area contributed by atoms with E-state index < -0.39 is 0 Å². The van der Waals surface area contributed by atoms with Gasteiger partial charge in [-0.05, 0) is 54.8 Å². The van der Waals surface area contributed by atoms with Crippen LogP contribution in [-0.2, 0) is 6.42 Å². The predicted octanol–water partition coefficient (Wildman–Crippen LogP) is 5.46. The van der Waals surface area contributed by atoms with Crippen LogP contribution in [0.1, 0.15) is 47.3 Å². The second kappa shape index (κ2) is 7.61. The number of ketones is 1. The molecular formula is C24H24FNO. The Morgan fingerprint density at radius 1 is 1.00 bits per heavy atom. The fourth-order valence-corrected chi connectivity index (χ4v) is 4.21. The van der Waals surface area contributed by atoms with Crippen molar-refractivity contribution in [3.05, 3.63) is 83.2 Å². The molecule has 0 amide bonds. The molecule has 1 aliphatic rings. The Hall–Kier alpha value is -2.52. The van der Waals surface area contributed by atoms with Gasteiger partial charge in [-0.1, -0.05) is 54.6 Å². The van der Waals surface area contributed by atoms with Crippen LogP contribution >= 0.6 is 0 Å². The summed E-state index contributed by atoms with van der Waals surface area (Å²) in [5, 5.41) is 5.19. The summed E-state index contributed by atoms with van der Waals surface area (Å²) in [6, 6.07) is 19.1. The number of carbonyl (C=O) groups excluding carboxylic acids is 1. The van der Waals surface area contributed by atoms with Crippen LogP contribution in [0, 0.1) is 11.7 Å². The molecule has 0 radical (unpaired) electrons. The second-order valence-corrected chi connectivity index (χ2v) is 7.50. The normalized spacial score (nSPS) is 17.7. The van der Waals surface area contributed by atoms with Gasteiger partial charge in [-0.2, -0.15) is 0 Å². The van der Waals surface area contributed by atoms with Crippen molar-refractivity contribution >= 4 is 16.6 Å². The fraction of sp³-hybridized carbons (Fsp3) is 0.292. The average molecular weight is 361 g/mol. The molecule has 0 fully saturated rings. The number of hydrogen-bond donors (Lipinski definition) is 1. The van der Waals surface area contributed by atoms with E-state index in [0.29, 0.717) is 17.7 Å². The first-order valence-electron chi connectivity index (χ1n) is 9.65. The maximum absolute atomic E-state index is 14.0. The van der Waals surface area contributed by atoms with E-state index in [1.165, 1.54) is 5.56 Å². The van der Waals surface area contributed by atoms with Crippen molar-refractivity contribution in [2.24, 2.45) is 5.92 Å². The number of nitrogens with one attached hydrogen (secondary N) is 1. The molecule has 3 aromatic carbocycles. The molecule has 2 atom stereocenters. The Balaban J connectivity index is 1.40. The van der Waals surface area contributed by atoms with Gasteiger partial charge in [-0.15, -0.1) is 0 Å². The molecule has 2 nitrogen and oxygen atoms in total. The van der Waals surface area contributed by atoms with E-state index in [2.05, 4.69) is 18.3 Å². The molecular weight excluding hydrogens is 337 g/mol. The number of halogens is 1. The lowest BCUT2D eigenvalue weighted by molar-refractivity contribution is 0.0946. The minimum Gasteiger partial charge on any atom is -0.310 e. The Morgan fingerprint density at radius 3 is 2.59 bits per heavy atom. The maximum Gasteiger partial charge on any atom is 0.163 e. The summed E-state index contributed by atoms with van der Waals surface area (Å²) in [6.45, 7) is 2.95. The van der Waals surface area contributed by atoms with Crippen LogP contribution in [0.3, 0.4) is 0 Å². The monoisotopic (exact) mass is 361 g/mol. The van der Waals surface area contributed by atoms with Gasteiger partial charge in [0.25, 0.3) is 0 Å². The highest BCUT2D eigenvalue weighted by Crippen LogP contribution is 2.29. The molecule has 1 aliphatic carbocycles. The maximum atomic E-state index is 14.0. The largest absolute Gasteiger partial charge is 0.310 e. The van der Waals surface area contributed by atoms with E-state index in [-0.39, 0.29) is 17.6 Å². The van der Waals surface area contributed by atoms with Gasteiger partial charge in [-0.3, -0.25) is 4.79 Å². The van der Waals surface area contributed by atoms with Crippen molar-refractivity contribution in [1.29, 1.82) is 0 Å². The van der Waals surface area contributed by atoms with Gasteiger partial charge < -0.3 is 5.32 Å². The first-order chi connectivity index (χ1) is 13.1. The van der Waals surface area contributed by atoms with Crippen molar-refractivity contribution in [2.45, 2.75) is 32.2 Å². The quantitative estimate of drug-likeness (QED) is 0.653. The van der Waals surface area contributed by atoms with Crippen molar-refractivity contribution in [3.63, 3.8) is 0 Å². The standard InChI is InChI=1S/C24H24FNO/c1-16(19-10-11-23(25)22-9-5-4-8-21(19)22)26-13-12-17-14-18-6-2-3-7-20(18)24(27)15-17/h2-11,16-17,26H,12-15H2,1H3/t16-,17-/m1/s1. The number of fused-ring (bicyclic) bond motifs is 2. The third-order valence-corrected chi connectivity index (χ3v) is 5.67. The van der Waals surface area contributed by atoms with Crippen molar-refractivity contribution < 1.29 is 9.18 Å². The van der Waals surface area contributed by atoms with Crippen LogP contribution in [0.15, 0.2) is 60.7 Å². The predicted molar refractivity (Wildman–Crippen MR) is 108 cm³/mol. The van der Waals surface area contributed by atoms with Crippen LogP contribution in [0.25, 0.3) is 10.8 Å². The number of hydrogen-bond acceptors (Lipinski definition) is 2. The highest BCUT2D eigenvalue weighted by molar-refractivity contribution is 5.98. The molecule has 3 aromatic rings. The number of Topliss-reactive ketones (excluding diaryl/α,β-unsaturated/α-hetero) is 1. The molecule has 0 bridgehead atoms. The molecule has 27 heavy (non-hydrogen) atoms. The van der Waals surface area contributed by atoms with E-state index in [0.717, 1.165) is 35.9 Å². The van der Waals surface area contributed by atoms with Crippen LogP contribution in [0.2, 0.25) is 0 Å². The molecule has 0 heterocycles. The number of carbonyl (C=O) groups is 1. The third kappa shape index (κ3) is 3.65. The molecule has 138 valence electrons. The van der Waals surface area contributed by atoms with E-state index in [1.54, 1.807) is 6.07 Å². The van der Waals surface area contributed by atoms with Crippen molar-refractivity contribution in [1.82, 2.24) is 5.32 Å². The van der Waals surface area contributed by atoms with Crippen LogP contribution in [0.5, 0.6) is 0 Å². The Morgan fingerprint density at radius 2 is 1.74 bits per heavy atom. The SMILES string of the molecule is C[C@@H](NCC[C@H]1CC(=O)c2ccccc2C1)c1ccc(F)c2ccccc12. The van der Waals surface area contributed by atoms with Crippen LogP contribution in [-0.4, -0.2) is 12.3 Å². The average Bonchev–Trinajstić information content (AvgIpc) is 2.68. The minimum absolute atomic E-state index is 0.127. The molecule has 4 rings (SSSR count). The summed E-state index contributed by atoms with van der Waals surface area (Å²) in [4.78, 5) is 12.3. The van der Waals surface area contributed by atoms with Gasteiger partial charge in [0.2, 0.25) is 0 Å². The highest BCUT2D eigenvalue weighted by Gasteiger charge is 2.24. The molecule has 0 unspecified atom stereocenters. The molecule has 1 N–H and O–H groups in total. The lowest BCUT2D eigenvalue weighted by Gasteiger charge is -2.24. The van der Waals surface area contributed by atoms with Crippen molar-refractivity contribution in [2.75, 3.05) is 6.54 Å². The lowest BCUT2D eigenvalue weighted by Crippen LogP contribution is -2.26. The van der Waals surface area contributed by atoms with Crippen LogP contribution in [0.4, 0.5) is 4.39 Å². The first kappa shape index (κ1) is 17.9. The summed E-state index contributed by atoms with van der Waals surface area (Å²) in [5.41, 5.74) is 3.18. The number of benzene rings is 3. The zero-order chi connectivity index (χ0) is 18.8. The summed E-state index contributed by atoms with van der Waals surface area (Å²) in [6.07, 6.45) is 2.56. The molecule has 0 saturated carbocycles. The van der Waals surface area contributed by atoms with Gasteiger partial charge in [0.15, 0.2) is 5.78 Å². The van der Waals surface area contributed by atoms with E-state index in [4.69, 9.17) is 0 Å². The topological polar surface area (TPSA) is 29.1 Å². The van der Waals surface area contributed by atoms with Gasteiger partial charge in [0, 0.05) is 23.4 Å². The van der Waals surface area contributed by atoms with E-state index >= 15 is 0 Å². The molecule has 0 aliphatic heterocycles. The molecule has 3 heteroatoms. The third-order valence-electron chi connectivity index (χ3n) is 5.67. The Bertz CT molecular complexity index is 981. The first-order valence-corrected chi connectivity index (χ1v) is 9.65. The smallest absolute Gasteiger partial charge is 0.163 e. The van der Waals surface area contributed by atoms with E-state index in [9.17, 15) is 9.18 Å². The molecule has 0 spiro atoms. The molecule has 0 aromatic heterocycles. The molecule has 0 saturated heterocycles. The van der Waals surface area contributed by atoms with Gasteiger partial charge in [0.05, 0.1) is 0 Å². The fourth-order valence-electron chi connectivity index (χ4n) is 4.21. The Labute approximate surface area is 159 Å². The number of rotatable bonds is 5. The summed E-state index contributed by atoms with van der Waals surface area (Å²) in [7, 11) is 0. The lowest BCUT2D eigenvalue weighted by atomic mass is 9.81. The van der Waals surface area contributed by atoms with E-state index in [1.807, 2.05) is 48.5 Å². The van der Waals surface area contributed by atoms with Gasteiger partial charge in [0.1, 0.15) is 5.82 Å². The zero-order valence-corrected chi connectivity index (χ0v) is 15.5. The summed E-state index contributed by atoms with van der Waals surface area (Å²) < 4.78 is 14.0. The minimum atomic E-state index is -0.180. The van der Waals surface area contributed by atoms with Crippen LogP contribution < -0.4 is 5.32 Å². The summed E-state index contributed by atoms with van der Waals surface area (Å²) >= 11 is 0. The van der Waals surface area contributed by atoms with Crippen molar-refractivity contribution in [3.8, 4) is 0 Å². The zero-order valence-electron chi connectivity index (χ0n) is 15.5. The Kier molecular flexibility index (Phi) is 5.04. The van der Waals surface area contributed by atoms with Gasteiger partial charge in [-0.25, -0.2) is 4.39 Å². The summed E-state index contributed by atoms with van der Waals surface area (Å²) in [5.74, 6) is 0.470. The highest BCUT2D eigenvalue weighted by atomic mass is 19.1. The van der Waals surface area contributed by atoms with Gasteiger partial charge >= 0.3 is 0 Å². The second-order valence-electron chi connectivity index (χ2n) is 7.50.